The topological polar surface area (TPSA) is 64.9 Å². The van der Waals surface area contributed by atoms with Crippen LogP contribution in [0, 0.1) is 0 Å². The molecule has 4 aromatic rings. The lowest BCUT2D eigenvalue weighted by Crippen LogP contribution is -2.07. The summed E-state index contributed by atoms with van der Waals surface area (Å²) >= 11 is 7.80. The molecule has 0 aliphatic carbocycles. The number of ether oxygens (including phenoxy) is 1. The van der Waals surface area contributed by atoms with E-state index in [4.69, 9.17) is 21.3 Å². The minimum absolute atomic E-state index is 0.575. The van der Waals surface area contributed by atoms with E-state index in [2.05, 4.69) is 21.5 Å². The minimum Gasteiger partial charge on any atom is -0.496 e. The molecule has 0 unspecified atom stereocenters. The molecule has 0 aliphatic rings. The number of halogens is 1. The average Bonchev–Trinajstić information content (AvgIpc) is 3.20. The van der Waals surface area contributed by atoms with E-state index in [0.717, 1.165) is 45.2 Å². The van der Waals surface area contributed by atoms with Crippen LogP contribution in [0.5, 0.6) is 5.75 Å². The van der Waals surface area contributed by atoms with Crippen molar-refractivity contribution in [2.45, 2.75) is 24.7 Å². The summed E-state index contributed by atoms with van der Waals surface area (Å²) in [7, 11) is 1.69. The molecule has 154 valence electrons. The lowest BCUT2D eigenvalue weighted by molar-refractivity contribution is 0.408. The molecule has 0 atom stereocenters. The Morgan fingerprint density at radius 1 is 1.07 bits per heavy atom. The highest BCUT2D eigenvalue weighted by Gasteiger charge is 2.14. The number of thioether (sulfide) groups is 1. The standard InChI is InChI=1S/C22H22ClN5OS/c1-29-19-10-6-4-7-15(19)11-12-28-21-17(14-25-28)20(26-22(27-21)30-2)24-13-16-8-3-5-9-18(16)23/h3-10,14H,11-13H2,1-2H3,(H,24,26,27). The van der Waals surface area contributed by atoms with Crippen molar-refractivity contribution in [1.29, 1.82) is 0 Å². The summed E-state index contributed by atoms with van der Waals surface area (Å²) < 4.78 is 7.38. The third-order valence-electron chi connectivity index (χ3n) is 4.85. The van der Waals surface area contributed by atoms with Gasteiger partial charge in [0.2, 0.25) is 0 Å². The molecule has 2 aromatic heterocycles. The van der Waals surface area contributed by atoms with Gasteiger partial charge in [-0.25, -0.2) is 14.6 Å². The first-order chi connectivity index (χ1) is 14.7. The number of methoxy groups -OCH3 is 1. The normalized spacial score (nSPS) is 11.0. The molecule has 0 radical (unpaired) electrons. The number of fused-ring (bicyclic) bond motifs is 1. The number of aryl methyl sites for hydroxylation is 2. The Labute approximate surface area is 184 Å². The summed E-state index contributed by atoms with van der Waals surface area (Å²) in [6.07, 6.45) is 4.58. The van der Waals surface area contributed by atoms with Crippen molar-refractivity contribution in [1.82, 2.24) is 19.7 Å². The number of rotatable bonds is 8. The lowest BCUT2D eigenvalue weighted by atomic mass is 10.1. The van der Waals surface area contributed by atoms with E-state index in [0.29, 0.717) is 18.2 Å². The van der Waals surface area contributed by atoms with Gasteiger partial charge >= 0.3 is 0 Å². The fraction of sp³-hybridized carbons (Fsp3) is 0.227. The molecule has 1 N–H and O–H groups in total. The minimum atomic E-state index is 0.575. The van der Waals surface area contributed by atoms with Gasteiger partial charge in [-0.15, -0.1) is 0 Å². The third kappa shape index (κ3) is 4.37. The number of benzene rings is 2. The van der Waals surface area contributed by atoms with Gasteiger partial charge < -0.3 is 10.1 Å². The van der Waals surface area contributed by atoms with E-state index in [1.165, 1.54) is 11.8 Å². The molecule has 2 heterocycles. The largest absolute Gasteiger partial charge is 0.496 e. The Bertz CT molecular complexity index is 1160. The number of para-hydroxylation sites is 1. The van der Waals surface area contributed by atoms with Crippen LogP contribution in [0.15, 0.2) is 59.9 Å². The Morgan fingerprint density at radius 2 is 1.83 bits per heavy atom. The van der Waals surface area contributed by atoms with Crippen LogP contribution in [0.3, 0.4) is 0 Å². The fourth-order valence-corrected chi connectivity index (χ4v) is 3.84. The summed E-state index contributed by atoms with van der Waals surface area (Å²) in [4.78, 5) is 9.34. The number of nitrogens with one attached hydrogen (secondary N) is 1. The van der Waals surface area contributed by atoms with E-state index in [9.17, 15) is 0 Å². The third-order valence-corrected chi connectivity index (χ3v) is 5.76. The van der Waals surface area contributed by atoms with Gasteiger partial charge in [0.25, 0.3) is 0 Å². The van der Waals surface area contributed by atoms with Gasteiger partial charge in [-0.3, -0.25) is 0 Å². The van der Waals surface area contributed by atoms with Crippen molar-refractivity contribution >= 4 is 40.2 Å². The summed E-state index contributed by atoms with van der Waals surface area (Å²) in [5.41, 5.74) is 2.96. The van der Waals surface area contributed by atoms with Crippen LogP contribution in [0.25, 0.3) is 11.0 Å². The molecule has 0 saturated heterocycles. The number of anilines is 1. The molecule has 2 aromatic carbocycles. The molecule has 30 heavy (non-hydrogen) atoms. The SMILES string of the molecule is COc1ccccc1CCn1ncc2c(NCc3ccccc3Cl)nc(SC)nc21. The Kier molecular flexibility index (Phi) is 6.40. The molecule has 0 aliphatic heterocycles. The highest BCUT2D eigenvalue weighted by atomic mass is 35.5. The first-order valence-electron chi connectivity index (χ1n) is 9.56. The number of hydrogen-bond acceptors (Lipinski definition) is 6. The molecule has 0 fully saturated rings. The molecular weight excluding hydrogens is 418 g/mol. The molecule has 0 saturated carbocycles. The zero-order valence-corrected chi connectivity index (χ0v) is 18.4. The monoisotopic (exact) mass is 439 g/mol. The summed E-state index contributed by atoms with van der Waals surface area (Å²) in [5, 5.41) is 10.3. The highest BCUT2D eigenvalue weighted by molar-refractivity contribution is 7.98. The molecule has 0 bridgehead atoms. The van der Waals surface area contributed by atoms with E-state index in [-0.39, 0.29) is 0 Å². The van der Waals surface area contributed by atoms with Crippen molar-refractivity contribution in [2.75, 3.05) is 18.7 Å². The van der Waals surface area contributed by atoms with Gasteiger partial charge in [-0.05, 0) is 35.9 Å². The Hall–Kier alpha value is -2.77. The summed E-state index contributed by atoms with van der Waals surface area (Å²) in [6.45, 7) is 1.27. The zero-order chi connectivity index (χ0) is 20.9. The fourth-order valence-electron chi connectivity index (χ4n) is 3.28. The van der Waals surface area contributed by atoms with Crippen LogP contribution in [0.4, 0.5) is 5.82 Å². The van der Waals surface area contributed by atoms with E-state index >= 15 is 0 Å². The molecule has 4 rings (SSSR count). The maximum Gasteiger partial charge on any atom is 0.191 e. The molecule has 8 heteroatoms. The maximum absolute atomic E-state index is 6.29. The first-order valence-corrected chi connectivity index (χ1v) is 11.2. The Morgan fingerprint density at radius 3 is 2.60 bits per heavy atom. The number of hydrogen-bond donors (Lipinski definition) is 1. The van der Waals surface area contributed by atoms with Crippen LogP contribution in [0.1, 0.15) is 11.1 Å². The summed E-state index contributed by atoms with van der Waals surface area (Å²) in [5.74, 6) is 1.64. The quantitative estimate of drug-likeness (QED) is 0.305. The van der Waals surface area contributed by atoms with E-state index < -0.39 is 0 Å². The van der Waals surface area contributed by atoms with Gasteiger partial charge in [0.15, 0.2) is 10.8 Å². The van der Waals surface area contributed by atoms with Crippen molar-refractivity contribution < 1.29 is 4.74 Å². The van der Waals surface area contributed by atoms with Crippen molar-refractivity contribution in [3.8, 4) is 5.75 Å². The molecule has 0 spiro atoms. The predicted molar refractivity (Wildman–Crippen MR) is 123 cm³/mol. The van der Waals surface area contributed by atoms with Crippen LogP contribution >= 0.6 is 23.4 Å². The maximum atomic E-state index is 6.29. The molecule has 0 amide bonds. The van der Waals surface area contributed by atoms with Crippen LogP contribution in [-0.4, -0.2) is 33.1 Å². The smallest absolute Gasteiger partial charge is 0.191 e. The molecule has 6 nitrogen and oxygen atoms in total. The predicted octanol–water partition coefficient (Wildman–Crippen LogP) is 5.07. The Balaban J connectivity index is 1.60. The van der Waals surface area contributed by atoms with Crippen LogP contribution in [0.2, 0.25) is 5.02 Å². The summed E-state index contributed by atoms with van der Waals surface area (Å²) in [6, 6.07) is 15.8. The van der Waals surface area contributed by atoms with Gasteiger partial charge in [0, 0.05) is 18.1 Å². The first kappa shape index (κ1) is 20.5. The van der Waals surface area contributed by atoms with E-state index in [1.54, 1.807) is 7.11 Å². The van der Waals surface area contributed by atoms with Gasteiger partial charge in [0.1, 0.15) is 11.6 Å². The highest BCUT2D eigenvalue weighted by Crippen LogP contribution is 2.26. The van der Waals surface area contributed by atoms with Crippen molar-refractivity contribution in [2.24, 2.45) is 0 Å². The zero-order valence-electron chi connectivity index (χ0n) is 16.8. The number of nitrogens with zero attached hydrogens (tertiary/aromatic N) is 4. The van der Waals surface area contributed by atoms with Gasteiger partial charge in [-0.1, -0.05) is 59.8 Å². The molecular formula is C22H22ClN5OS. The van der Waals surface area contributed by atoms with Crippen LogP contribution in [-0.2, 0) is 19.5 Å². The lowest BCUT2D eigenvalue weighted by Gasteiger charge is -2.11. The second-order valence-corrected chi connectivity index (χ2v) is 7.85. The second kappa shape index (κ2) is 9.36. The number of aromatic nitrogens is 4. The van der Waals surface area contributed by atoms with Gasteiger partial charge in [-0.2, -0.15) is 5.10 Å². The average molecular weight is 440 g/mol. The van der Waals surface area contributed by atoms with Crippen LogP contribution < -0.4 is 10.1 Å². The van der Waals surface area contributed by atoms with Crippen molar-refractivity contribution in [3.05, 3.63) is 70.9 Å². The van der Waals surface area contributed by atoms with E-state index in [1.807, 2.05) is 59.6 Å². The second-order valence-electron chi connectivity index (χ2n) is 6.67. The van der Waals surface area contributed by atoms with Crippen molar-refractivity contribution in [3.63, 3.8) is 0 Å². The van der Waals surface area contributed by atoms with Gasteiger partial charge in [0.05, 0.1) is 18.7 Å².